The van der Waals surface area contributed by atoms with Crippen molar-refractivity contribution in [3.8, 4) is 11.5 Å². The summed E-state index contributed by atoms with van der Waals surface area (Å²) >= 11 is 0. The second-order valence-electron chi connectivity index (χ2n) is 7.68. The summed E-state index contributed by atoms with van der Waals surface area (Å²) < 4.78 is 11.9. The van der Waals surface area contributed by atoms with Crippen LogP contribution < -0.4 is 9.47 Å². The number of rotatable bonds is 3. The van der Waals surface area contributed by atoms with E-state index in [-0.39, 0.29) is 35.8 Å². The van der Waals surface area contributed by atoms with Gasteiger partial charge in [0.2, 0.25) is 11.8 Å². The Morgan fingerprint density at radius 2 is 1.77 bits per heavy atom. The molecule has 140 valence electrons. The van der Waals surface area contributed by atoms with E-state index in [2.05, 4.69) is 4.90 Å². The second-order valence-corrected chi connectivity index (χ2v) is 7.68. The molecule has 2 amide bonds. The van der Waals surface area contributed by atoms with Crippen LogP contribution in [0.4, 0.5) is 0 Å². The topological polar surface area (TPSA) is 59.1 Å². The molecule has 6 nitrogen and oxygen atoms in total. The van der Waals surface area contributed by atoms with E-state index >= 15 is 0 Å². The zero-order valence-corrected chi connectivity index (χ0v) is 15.4. The number of hydrogen-bond acceptors (Lipinski definition) is 5. The Hall–Kier alpha value is -2.08. The van der Waals surface area contributed by atoms with E-state index in [1.54, 1.807) is 0 Å². The van der Waals surface area contributed by atoms with E-state index in [1.165, 1.54) is 4.90 Å². The molecule has 3 aliphatic rings. The Kier molecular flexibility index (Phi) is 4.61. The van der Waals surface area contributed by atoms with E-state index in [1.807, 2.05) is 38.1 Å². The van der Waals surface area contributed by atoms with Gasteiger partial charge < -0.3 is 9.47 Å². The molecular weight excluding hydrogens is 332 g/mol. The van der Waals surface area contributed by atoms with Gasteiger partial charge in [-0.25, -0.2) is 0 Å². The molecule has 4 rings (SSSR count). The molecule has 0 bridgehead atoms. The minimum Gasteiger partial charge on any atom is -0.486 e. The summed E-state index contributed by atoms with van der Waals surface area (Å²) in [5.74, 6) is 1.14. The van der Waals surface area contributed by atoms with Crippen molar-refractivity contribution in [1.29, 1.82) is 0 Å². The largest absolute Gasteiger partial charge is 0.486 e. The molecule has 2 saturated heterocycles. The van der Waals surface area contributed by atoms with Gasteiger partial charge in [-0.2, -0.15) is 0 Å². The summed E-state index contributed by atoms with van der Waals surface area (Å²) in [6, 6.07) is 7.69. The highest BCUT2D eigenvalue weighted by molar-refractivity contribution is 6.05. The van der Waals surface area contributed by atoms with Crippen LogP contribution in [0.2, 0.25) is 0 Å². The fourth-order valence-corrected chi connectivity index (χ4v) is 4.18. The molecule has 26 heavy (non-hydrogen) atoms. The molecular formula is C20H26N2O4. The average molecular weight is 358 g/mol. The lowest BCUT2D eigenvalue weighted by Crippen LogP contribution is -2.53. The van der Waals surface area contributed by atoms with E-state index in [4.69, 9.17) is 9.47 Å². The molecule has 0 spiro atoms. The molecule has 4 atom stereocenters. The highest BCUT2D eigenvalue weighted by atomic mass is 16.6. The maximum absolute atomic E-state index is 12.5. The highest BCUT2D eigenvalue weighted by Gasteiger charge is 2.46. The van der Waals surface area contributed by atoms with Crippen molar-refractivity contribution >= 4 is 11.8 Å². The molecule has 3 heterocycles. The standard InChI is InChI=1S/C20H26N2O4/c1-13-14(2)20(24)22(19(13)23)15-6-5-9-21(10-15)11-16-12-25-17-7-3-4-8-18(17)26-16/h3-4,7-8,13-16H,5-6,9-12H2,1-2H3/t13-,14-,15?,16?/m1/s1. The number of nitrogens with zero attached hydrogens (tertiary/aromatic N) is 2. The lowest BCUT2D eigenvalue weighted by atomic mass is 10.00. The van der Waals surface area contributed by atoms with E-state index in [0.29, 0.717) is 6.61 Å². The number of para-hydroxylation sites is 2. The Morgan fingerprint density at radius 3 is 2.50 bits per heavy atom. The van der Waals surface area contributed by atoms with Crippen LogP contribution in [0.1, 0.15) is 26.7 Å². The van der Waals surface area contributed by atoms with E-state index in [0.717, 1.165) is 44.0 Å². The molecule has 0 aromatic heterocycles. The van der Waals surface area contributed by atoms with Crippen LogP contribution in [0.25, 0.3) is 0 Å². The summed E-state index contributed by atoms with van der Waals surface area (Å²) in [4.78, 5) is 28.8. The van der Waals surface area contributed by atoms with E-state index in [9.17, 15) is 9.59 Å². The molecule has 3 aliphatic heterocycles. The summed E-state index contributed by atoms with van der Waals surface area (Å²) in [5.41, 5.74) is 0. The molecule has 2 fully saturated rings. The number of benzene rings is 1. The summed E-state index contributed by atoms with van der Waals surface area (Å²) in [6.45, 7) is 6.66. The first-order chi connectivity index (χ1) is 12.5. The molecule has 0 radical (unpaired) electrons. The van der Waals surface area contributed by atoms with Crippen LogP contribution >= 0.6 is 0 Å². The normalized spacial score (nSPS) is 32.2. The Labute approximate surface area is 154 Å². The number of imide groups is 1. The Morgan fingerprint density at radius 1 is 1.08 bits per heavy atom. The van der Waals surface area contributed by atoms with Crippen LogP contribution in [-0.4, -0.2) is 60.0 Å². The van der Waals surface area contributed by atoms with Crippen molar-refractivity contribution in [3.63, 3.8) is 0 Å². The Balaban J connectivity index is 1.39. The van der Waals surface area contributed by atoms with Crippen LogP contribution in [0, 0.1) is 11.8 Å². The van der Waals surface area contributed by atoms with Crippen molar-refractivity contribution in [2.75, 3.05) is 26.2 Å². The fraction of sp³-hybridized carbons (Fsp3) is 0.600. The number of carbonyl (C=O) groups is 2. The van der Waals surface area contributed by atoms with Crippen LogP contribution in [0.5, 0.6) is 11.5 Å². The summed E-state index contributed by atoms with van der Waals surface area (Å²) in [7, 11) is 0. The number of likely N-dealkylation sites (tertiary alicyclic amines) is 2. The van der Waals surface area contributed by atoms with E-state index < -0.39 is 0 Å². The zero-order valence-electron chi connectivity index (χ0n) is 15.4. The molecule has 1 aromatic carbocycles. The first kappa shape index (κ1) is 17.3. The first-order valence-corrected chi connectivity index (χ1v) is 9.52. The number of carbonyl (C=O) groups excluding carboxylic acids is 2. The minimum atomic E-state index is -0.204. The van der Waals surface area contributed by atoms with Gasteiger partial charge in [0.05, 0.1) is 6.04 Å². The number of amides is 2. The monoisotopic (exact) mass is 358 g/mol. The summed E-state index contributed by atoms with van der Waals surface area (Å²) in [5, 5.41) is 0. The lowest BCUT2D eigenvalue weighted by molar-refractivity contribution is -0.144. The van der Waals surface area contributed by atoms with Crippen molar-refractivity contribution in [2.45, 2.75) is 38.8 Å². The number of fused-ring (bicyclic) bond motifs is 1. The molecule has 2 unspecified atom stereocenters. The minimum absolute atomic E-state index is 0.0134. The van der Waals surface area contributed by atoms with Gasteiger partial charge in [0.15, 0.2) is 11.5 Å². The quantitative estimate of drug-likeness (QED) is 0.773. The van der Waals surface area contributed by atoms with Crippen LogP contribution in [0.15, 0.2) is 24.3 Å². The van der Waals surface area contributed by atoms with Crippen molar-refractivity contribution in [1.82, 2.24) is 9.80 Å². The van der Waals surface area contributed by atoms with Crippen LogP contribution in [0.3, 0.4) is 0 Å². The van der Waals surface area contributed by atoms with Crippen molar-refractivity contribution in [2.24, 2.45) is 11.8 Å². The predicted octanol–water partition coefficient (Wildman–Crippen LogP) is 1.93. The van der Waals surface area contributed by atoms with Gasteiger partial charge >= 0.3 is 0 Å². The number of ether oxygens (including phenoxy) is 2. The zero-order chi connectivity index (χ0) is 18.3. The van der Waals surface area contributed by atoms with Crippen LogP contribution in [-0.2, 0) is 9.59 Å². The molecule has 1 aromatic rings. The van der Waals surface area contributed by atoms with Crippen molar-refractivity contribution < 1.29 is 19.1 Å². The second kappa shape index (κ2) is 6.91. The van der Waals surface area contributed by atoms with Gasteiger partial charge in [-0.15, -0.1) is 0 Å². The third-order valence-corrected chi connectivity index (χ3v) is 5.88. The van der Waals surface area contributed by atoms with Gasteiger partial charge in [0.1, 0.15) is 12.7 Å². The fourth-order valence-electron chi connectivity index (χ4n) is 4.18. The Bertz CT molecular complexity index is 687. The van der Waals surface area contributed by atoms with Gasteiger partial charge in [-0.05, 0) is 31.5 Å². The smallest absolute Gasteiger partial charge is 0.233 e. The van der Waals surface area contributed by atoms with Gasteiger partial charge in [0.25, 0.3) is 0 Å². The number of hydrogen-bond donors (Lipinski definition) is 0. The third-order valence-electron chi connectivity index (χ3n) is 5.88. The highest BCUT2D eigenvalue weighted by Crippen LogP contribution is 2.32. The number of piperidine rings is 1. The van der Waals surface area contributed by atoms with Gasteiger partial charge in [-0.1, -0.05) is 26.0 Å². The third kappa shape index (κ3) is 3.07. The molecule has 0 aliphatic carbocycles. The van der Waals surface area contributed by atoms with Crippen molar-refractivity contribution in [3.05, 3.63) is 24.3 Å². The first-order valence-electron chi connectivity index (χ1n) is 9.52. The lowest BCUT2D eigenvalue weighted by Gasteiger charge is -2.38. The van der Waals surface area contributed by atoms with Gasteiger partial charge in [-0.3, -0.25) is 19.4 Å². The maximum Gasteiger partial charge on any atom is 0.233 e. The SMILES string of the molecule is C[C@H]1C(=O)N(C2CCCN(CC3COc4ccccc4O3)C2)C(=O)[C@@H]1C. The maximum atomic E-state index is 12.5. The predicted molar refractivity (Wildman–Crippen MR) is 96.0 cm³/mol. The summed E-state index contributed by atoms with van der Waals surface area (Å²) in [6.07, 6.45) is 1.83. The molecule has 6 heteroatoms. The average Bonchev–Trinajstić information content (AvgIpc) is 2.85. The molecule has 0 N–H and O–H groups in total. The molecule has 0 saturated carbocycles. The van der Waals surface area contributed by atoms with Gasteiger partial charge in [0, 0.05) is 24.9 Å².